The van der Waals surface area contributed by atoms with E-state index in [2.05, 4.69) is 53.9 Å². The standard InChI is InChI=1S/C24H25N3O2/c1-14-6-4-5-7-20(14)26-15(2)12-19(16(26)3)13-25-27-23(28)21-17-8-9-18(11-10-17)22(21)24(27)29/h4-9,12-13,17-18,21-22H,10-11H2,1-3H3/b25-13-/t17-,18-,21-,22-/m0/s1. The van der Waals surface area contributed by atoms with Crippen LogP contribution in [-0.4, -0.2) is 27.6 Å². The number of aryl methyl sites for hydroxylation is 2. The average molecular weight is 387 g/mol. The van der Waals surface area contributed by atoms with Crippen molar-refractivity contribution in [2.75, 3.05) is 0 Å². The molecule has 1 saturated heterocycles. The SMILES string of the molecule is Cc1ccccc1-n1c(C)cc(/C=N\N2C(=O)[C@@H]3[C@@H](C2=O)[C@H]2C=C[C@H]3CC2)c1C. The summed E-state index contributed by atoms with van der Waals surface area (Å²) in [5, 5.41) is 5.51. The molecule has 0 unspecified atom stereocenters. The summed E-state index contributed by atoms with van der Waals surface area (Å²) >= 11 is 0. The molecule has 5 heteroatoms. The summed E-state index contributed by atoms with van der Waals surface area (Å²) in [6.45, 7) is 6.19. The molecule has 1 aliphatic heterocycles. The minimum absolute atomic E-state index is 0.136. The highest BCUT2D eigenvalue weighted by molar-refractivity contribution is 6.06. The van der Waals surface area contributed by atoms with Crippen molar-refractivity contribution in [1.82, 2.24) is 9.58 Å². The second kappa shape index (κ2) is 6.55. The monoisotopic (exact) mass is 387 g/mol. The van der Waals surface area contributed by atoms with Gasteiger partial charge in [0.25, 0.3) is 11.8 Å². The van der Waals surface area contributed by atoms with Gasteiger partial charge in [-0.3, -0.25) is 9.59 Å². The van der Waals surface area contributed by atoms with Crippen LogP contribution in [0.3, 0.4) is 0 Å². The number of hydrogen-bond donors (Lipinski definition) is 0. The first-order valence-electron chi connectivity index (χ1n) is 10.3. The van der Waals surface area contributed by atoms with Gasteiger partial charge in [0.1, 0.15) is 0 Å². The Morgan fingerprint density at radius 1 is 0.966 bits per heavy atom. The highest BCUT2D eigenvalue weighted by Gasteiger charge is 2.56. The molecule has 2 aromatic rings. The molecule has 6 rings (SSSR count). The van der Waals surface area contributed by atoms with Gasteiger partial charge in [0.2, 0.25) is 0 Å². The molecule has 1 saturated carbocycles. The van der Waals surface area contributed by atoms with Gasteiger partial charge in [-0.25, -0.2) is 0 Å². The van der Waals surface area contributed by atoms with Gasteiger partial charge in [-0.15, -0.1) is 0 Å². The van der Waals surface area contributed by atoms with Crippen LogP contribution >= 0.6 is 0 Å². The normalized spacial score (nSPS) is 28.0. The lowest BCUT2D eigenvalue weighted by atomic mass is 9.63. The third-order valence-electron chi connectivity index (χ3n) is 6.88. The maximum Gasteiger partial charge on any atom is 0.254 e. The molecule has 0 spiro atoms. The van der Waals surface area contributed by atoms with E-state index in [1.54, 1.807) is 6.21 Å². The second-order valence-electron chi connectivity index (χ2n) is 8.52. The van der Waals surface area contributed by atoms with E-state index in [0.29, 0.717) is 0 Å². The topological polar surface area (TPSA) is 54.7 Å². The van der Waals surface area contributed by atoms with E-state index < -0.39 is 0 Å². The van der Waals surface area contributed by atoms with Crippen molar-refractivity contribution in [3.8, 4) is 5.69 Å². The number of benzene rings is 1. The van der Waals surface area contributed by atoms with Gasteiger partial charge in [-0.1, -0.05) is 30.4 Å². The maximum absolute atomic E-state index is 12.9. The molecule has 2 fully saturated rings. The summed E-state index contributed by atoms with van der Waals surface area (Å²) in [6.07, 6.45) is 7.92. The summed E-state index contributed by atoms with van der Waals surface area (Å²) < 4.78 is 2.19. The third kappa shape index (κ3) is 2.64. The van der Waals surface area contributed by atoms with Crippen molar-refractivity contribution in [3.63, 3.8) is 0 Å². The Morgan fingerprint density at radius 3 is 2.17 bits per heavy atom. The molecule has 2 bridgehead atoms. The average Bonchev–Trinajstić information content (AvgIpc) is 3.16. The predicted molar refractivity (Wildman–Crippen MR) is 112 cm³/mol. The van der Waals surface area contributed by atoms with Gasteiger partial charge in [-0.2, -0.15) is 10.1 Å². The highest BCUT2D eigenvalue weighted by atomic mass is 16.2. The highest BCUT2D eigenvalue weighted by Crippen LogP contribution is 2.49. The fourth-order valence-corrected chi connectivity index (χ4v) is 5.40. The number of fused-ring (bicyclic) bond motifs is 1. The molecule has 2 amide bonds. The van der Waals surface area contributed by atoms with Crippen molar-refractivity contribution in [2.24, 2.45) is 28.8 Å². The largest absolute Gasteiger partial charge is 0.318 e. The number of aromatic nitrogens is 1. The Balaban J connectivity index is 1.46. The molecule has 0 N–H and O–H groups in total. The Bertz CT molecular complexity index is 1050. The number of allylic oxidation sites excluding steroid dienone is 2. The number of carbonyl (C=O) groups is 2. The van der Waals surface area contributed by atoms with Crippen LogP contribution in [0.4, 0.5) is 0 Å². The number of nitrogens with zero attached hydrogens (tertiary/aromatic N) is 3. The molecule has 29 heavy (non-hydrogen) atoms. The summed E-state index contributed by atoms with van der Waals surface area (Å²) in [7, 11) is 0. The Labute approximate surface area is 170 Å². The summed E-state index contributed by atoms with van der Waals surface area (Å²) in [4.78, 5) is 25.9. The van der Waals surface area contributed by atoms with Crippen LogP contribution < -0.4 is 0 Å². The zero-order chi connectivity index (χ0) is 20.3. The molecule has 0 radical (unpaired) electrons. The molecular formula is C24H25N3O2. The van der Waals surface area contributed by atoms with Crippen LogP contribution in [-0.2, 0) is 9.59 Å². The van der Waals surface area contributed by atoms with Crippen LogP contribution in [0, 0.1) is 44.4 Å². The van der Waals surface area contributed by atoms with Crippen molar-refractivity contribution >= 4 is 18.0 Å². The number of para-hydroxylation sites is 1. The first-order chi connectivity index (χ1) is 14.0. The van der Waals surface area contributed by atoms with Gasteiger partial charge in [0, 0.05) is 22.6 Å². The Hall–Kier alpha value is -2.95. The van der Waals surface area contributed by atoms with Crippen molar-refractivity contribution in [1.29, 1.82) is 0 Å². The summed E-state index contributed by atoms with van der Waals surface area (Å²) in [5.41, 5.74) is 5.37. The fraction of sp³-hybridized carbons (Fsp3) is 0.375. The number of carbonyl (C=O) groups excluding carboxylic acids is 2. The van der Waals surface area contributed by atoms with Gasteiger partial charge in [0.05, 0.1) is 18.1 Å². The molecule has 1 aromatic heterocycles. The molecule has 3 aliphatic carbocycles. The minimum Gasteiger partial charge on any atom is -0.318 e. The molecule has 4 atom stereocenters. The molecule has 1 aromatic carbocycles. The van der Waals surface area contributed by atoms with Crippen molar-refractivity contribution in [2.45, 2.75) is 33.6 Å². The van der Waals surface area contributed by atoms with Gasteiger partial charge < -0.3 is 4.57 Å². The lowest BCUT2D eigenvalue weighted by Crippen LogP contribution is -2.38. The van der Waals surface area contributed by atoms with Gasteiger partial charge in [-0.05, 0) is 63.1 Å². The molecule has 148 valence electrons. The van der Waals surface area contributed by atoms with E-state index in [9.17, 15) is 9.59 Å². The number of hydrogen-bond acceptors (Lipinski definition) is 3. The number of rotatable bonds is 3. The van der Waals surface area contributed by atoms with Crippen molar-refractivity contribution < 1.29 is 9.59 Å². The number of imide groups is 1. The zero-order valence-corrected chi connectivity index (χ0v) is 17.0. The van der Waals surface area contributed by atoms with Crippen LogP contribution in [0.5, 0.6) is 0 Å². The summed E-state index contributed by atoms with van der Waals surface area (Å²) in [5.74, 6) is -0.336. The molecule has 2 heterocycles. The van der Waals surface area contributed by atoms with Gasteiger partial charge in [0.15, 0.2) is 0 Å². The van der Waals surface area contributed by atoms with Crippen LogP contribution in [0.15, 0.2) is 47.6 Å². The predicted octanol–water partition coefficient (Wildman–Crippen LogP) is 3.93. The molecular weight excluding hydrogens is 362 g/mol. The maximum atomic E-state index is 12.9. The zero-order valence-electron chi connectivity index (χ0n) is 17.0. The lowest BCUT2D eigenvalue weighted by Gasteiger charge is -2.37. The first-order valence-corrected chi connectivity index (χ1v) is 10.3. The van der Waals surface area contributed by atoms with E-state index in [0.717, 1.165) is 40.5 Å². The van der Waals surface area contributed by atoms with E-state index >= 15 is 0 Å². The van der Waals surface area contributed by atoms with Crippen LogP contribution in [0.25, 0.3) is 5.69 Å². The van der Waals surface area contributed by atoms with Crippen LogP contribution in [0.1, 0.15) is 35.4 Å². The first kappa shape index (κ1) is 18.1. The molecule has 5 nitrogen and oxygen atoms in total. The van der Waals surface area contributed by atoms with E-state index in [1.807, 2.05) is 19.1 Å². The van der Waals surface area contributed by atoms with E-state index in [1.165, 1.54) is 5.56 Å². The summed E-state index contributed by atoms with van der Waals surface area (Å²) in [6, 6.07) is 10.3. The van der Waals surface area contributed by atoms with Gasteiger partial charge >= 0.3 is 0 Å². The third-order valence-corrected chi connectivity index (χ3v) is 6.88. The minimum atomic E-state index is -0.220. The smallest absolute Gasteiger partial charge is 0.254 e. The molecule has 4 aliphatic rings. The quantitative estimate of drug-likeness (QED) is 0.455. The number of hydrazone groups is 1. The van der Waals surface area contributed by atoms with E-state index in [-0.39, 0.29) is 35.5 Å². The lowest BCUT2D eigenvalue weighted by molar-refractivity contribution is -0.140. The van der Waals surface area contributed by atoms with E-state index in [4.69, 9.17) is 0 Å². The Morgan fingerprint density at radius 2 is 1.59 bits per heavy atom. The number of amides is 2. The van der Waals surface area contributed by atoms with Crippen molar-refractivity contribution in [3.05, 3.63) is 65.0 Å². The second-order valence-corrected chi connectivity index (χ2v) is 8.52. The fourth-order valence-electron chi connectivity index (χ4n) is 5.40. The van der Waals surface area contributed by atoms with Crippen LogP contribution in [0.2, 0.25) is 0 Å². The Kier molecular flexibility index (Phi) is 4.09.